The van der Waals surface area contributed by atoms with Gasteiger partial charge in [-0.1, -0.05) is 25.5 Å². The van der Waals surface area contributed by atoms with Gasteiger partial charge in [0.15, 0.2) is 0 Å². The van der Waals surface area contributed by atoms with Gasteiger partial charge in [0.1, 0.15) is 11.9 Å². The van der Waals surface area contributed by atoms with Crippen LogP contribution in [0.25, 0.3) is 0 Å². The van der Waals surface area contributed by atoms with E-state index in [1.54, 1.807) is 17.0 Å². The van der Waals surface area contributed by atoms with Crippen molar-refractivity contribution in [1.29, 1.82) is 0 Å². The Morgan fingerprint density at radius 2 is 1.77 bits per heavy atom. The van der Waals surface area contributed by atoms with Crippen LogP contribution in [0.15, 0.2) is 42.5 Å². The van der Waals surface area contributed by atoms with E-state index in [0.29, 0.717) is 55.0 Å². The van der Waals surface area contributed by atoms with Gasteiger partial charge in [-0.25, -0.2) is 0 Å². The van der Waals surface area contributed by atoms with Crippen molar-refractivity contribution in [2.45, 2.75) is 77.4 Å². The van der Waals surface area contributed by atoms with Crippen LogP contribution < -0.4 is 21.1 Å². The fourth-order valence-electron chi connectivity index (χ4n) is 5.64. The van der Waals surface area contributed by atoms with E-state index in [2.05, 4.69) is 29.5 Å². The Bertz CT molecular complexity index is 1280. The highest BCUT2D eigenvalue weighted by Gasteiger charge is 2.32. The number of anilines is 3. The van der Waals surface area contributed by atoms with Crippen LogP contribution in [0.5, 0.6) is 5.75 Å². The maximum absolute atomic E-state index is 13.4. The Morgan fingerprint density at radius 3 is 2.45 bits per heavy atom. The summed E-state index contributed by atoms with van der Waals surface area (Å²) in [7, 11) is 2.12. The SMILES string of the molecule is C[C@@H]1CN([C@H](C)CO)C(=O)Cc2cc(NC(=O)CCCCCC(=O)Nc3ccccc3N)ccc2O[C@@H]1CN(C)CC1CC1. The van der Waals surface area contributed by atoms with Crippen molar-refractivity contribution in [2.24, 2.45) is 11.8 Å². The second-order valence-electron chi connectivity index (χ2n) is 12.6. The van der Waals surface area contributed by atoms with Crippen molar-refractivity contribution < 1.29 is 24.2 Å². The molecule has 44 heavy (non-hydrogen) atoms. The van der Waals surface area contributed by atoms with Crippen molar-refractivity contribution >= 4 is 34.8 Å². The maximum Gasteiger partial charge on any atom is 0.227 e. The number of rotatable bonds is 14. The molecule has 1 heterocycles. The Labute approximate surface area is 261 Å². The smallest absolute Gasteiger partial charge is 0.227 e. The first-order chi connectivity index (χ1) is 21.1. The van der Waals surface area contributed by atoms with Crippen LogP contribution >= 0.6 is 0 Å². The van der Waals surface area contributed by atoms with Crippen LogP contribution in [0.3, 0.4) is 0 Å². The van der Waals surface area contributed by atoms with Gasteiger partial charge < -0.3 is 36.0 Å². The molecule has 0 bridgehead atoms. The summed E-state index contributed by atoms with van der Waals surface area (Å²) in [5, 5.41) is 15.7. The van der Waals surface area contributed by atoms with Gasteiger partial charge in [-0.15, -0.1) is 0 Å². The van der Waals surface area contributed by atoms with Gasteiger partial charge in [-0.05, 0) is 75.9 Å². The summed E-state index contributed by atoms with van der Waals surface area (Å²) in [5.41, 5.74) is 8.35. The number of nitrogens with zero attached hydrogens (tertiary/aromatic N) is 2. The van der Waals surface area contributed by atoms with Crippen LogP contribution in [0.1, 0.15) is 64.4 Å². The lowest BCUT2D eigenvalue weighted by molar-refractivity contribution is -0.134. The van der Waals surface area contributed by atoms with Gasteiger partial charge >= 0.3 is 0 Å². The number of hydrogen-bond donors (Lipinski definition) is 4. The van der Waals surface area contributed by atoms with E-state index in [0.717, 1.165) is 31.0 Å². The normalized spacial score (nSPS) is 19.3. The predicted octanol–water partition coefficient (Wildman–Crippen LogP) is 4.29. The highest BCUT2D eigenvalue weighted by molar-refractivity contribution is 5.94. The van der Waals surface area contributed by atoms with Gasteiger partial charge in [-0.3, -0.25) is 14.4 Å². The lowest BCUT2D eigenvalue weighted by atomic mass is 10.0. The zero-order valence-corrected chi connectivity index (χ0v) is 26.4. The minimum absolute atomic E-state index is 0.0579. The predicted molar refractivity (Wildman–Crippen MR) is 173 cm³/mol. The number of benzene rings is 2. The van der Waals surface area contributed by atoms with Gasteiger partial charge in [-0.2, -0.15) is 0 Å². The second kappa shape index (κ2) is 15.9. The molecule has 3 atom stereocenters. The molecule has 0 saturated heterocycles. The summed E-state index contributed by atoms with van der Waals surface area (Å²) in [6, 6.07) is 12.3. The van der Waals surface area contributed by atoms with Crippen molar-refractivity contribution in [2.75, 3.05) is 49.7 Å². The summed E-state index contributed by atoms with van der Waals surface area (Å²) < 4.78 is 6.59. The van der Waals surface area contributed by atoms with Crippen LogP contribution in [-0.4, -0.2) is 78.1 Å². The van der Waals surface area contributed by atoms with Gasteiger partial charge in [0.25, 0.3) is 0 Å². The molecule has 0 radical (unpaired) electrons. The van der Waals surface area contributed by atoms with Crippen LogP contribution in [0.2, 0.25) is 0 Å². The number of aliphatic hydroxyl groups is 1. The molecular weight excluding hydrogens is 558 g/mol. The average Bonchev–Trinajstić information content (AvgIpc) is 3.80. The molecular formula is C34H49N5O5. The number of fused-ring (bicyclic) bond motifs is 1. The molecule has 10 heteroatoms. The molecule has 3 amide bonds. The zero-order chi connectivity index (χ0) is 31.6. The summed E-state index contributed by atoms with van der Waals surface area (Å²) in [5.74, 6) is 1.18. The first-order valence-electron chi connectivity index (χ1n) is 16.0. The summed E-state index contributed by atoms with van der Waals surface area (Å²) in [6.45, 7) is 6.14. The number of carbonyl (C=O) groups excluding carboxylic acids is 3. The van der Waals surface area contributed by atoms with Crippen molar-refractivity contribution in [3.63, 3.8) is 0 Å². The maximum atomic E-state index is 13.4. The molecule has 5 N–H and O–H groups in total. The molecule has 240 valence electrons. The number of ether oxygens (including phenoxy) is 1. The standard InChI is InChI=1S/C34H49N5O5/c1-23-19-39(24(2)22-40)34(43)18-26-17-27(15-16-30(26)44-31(23)21-38(3)20-25-13-14-25)36-32(41)11-5-4-6-12-33(42)37-29-10-8-7-9-28(29)35/h7-10,15-17,23-25,31,40H,4-6,11-14,18-22,35H2,1-3H3,(H,36,41)(H,37,42)/t23-,24-,31-/m1/s1. The van der Waals surface area contributed by atoms with E-state index in [9.17, 15) is 19.5 Å². The molecule has 2 aromatic carbocycles. The number of nitrogen functional groups attached to an aromatic ring is 1. The molecule has 0 spiro atoms. The first kappa shape index (κ1) is 33.3. The number of nitrogens with two attached hydrogens (primary N) is 1. The number of aliphatic hydroxyl groups excluding tert-OH is 1. The van der Waals surface area contributed by atoms with Gasteiger partial charge in [0, 0.05) is 49.6 Å². The van der Waals surface area contributed by atoms with Crippen molar-refractivity contribution in [1.82, 2.24) is 9.80 Å². The summed E-state index contributed by atoms with van der Waals surface area (Å²) >= 11 is 0. The Morgan fingerprint density at radius 1 is 1.07 bits per heavy atom. The minimum atomic E-state index is -0.304. The average molecular weight is 608 g/mol. The van der Waals surface area contributed by atoms with Crippen LogP contribution in [0.4, 0.5) is 17.1 Å². The van der Waals surface area contributed by atoms with E-state index in [4.69, 9.17) is 10.5 Å². The minimum Gasteiger partial charge on any atom is -0.488 e. The fourth-order valence-corrected chi connectivity index (χ4v) is 5.64. The largest absolute Gasteiger partial charge is 0.488 e. The van der Waals surface area contributed by atoms with Crippen molar-refractivity contribution in [3.05, 3.63) is 48.0 Å². The van der Waals surface area contributed by atoms with E-state index < -0.39 is 0 Å². The first-order valence-corrected chi connectivity index (χ1v) is 16.0. The lowest BCUT2D eigenvalue weighted by Crippen LogP contribution is -2.47. The molecule has 1 aliphatic heterocycles. The molecule has 2 aromatic rings. The topological polar surface area (TPSA) is 137 Å². The zero-order valence-electron chi connectivity index (χ0n) is 26.4. The molecule has 2 aliphatic rings. The third-order valence-corrected chi connectivity index (χ3v) is 8.50. The van der Waals surface area contributed by atoms with E-state index in [1.807, 2.05) is 37.3 Å². The number of carbonyl (C=O) groups is 3. The Kier molecular flexibility index (Phi) is 12.0. The molecule has 1 saturated carbocycles. The highest BCUT2D eigenvalue weighted by Crippen LogP contribution is 2.31. The number of unbranched alkanes of at least 4 members (excludes halogenated alkanes) is 2. The van der Waals surface area contributed by atoms with Crippen LogP contribution in [0, 0.1) is 11.8 Å². The lowest BCUT2D eigenvalue weighted by Gasteiger charge is -2.34. The monoisotopic (exact) mass is 607 g/mol. The molecule has 0 aromatic heterocycles. The van der Waals surface area contributed by atoms with Gasteiger partial charge in [0.05, 0.1) is 30.4 Å². The number of likely N-dealkylation sites (N-methyl/N-ethyl adjacent to an activating group) is 1. The van der Waals surface area contributed by atoms with E-state index >= 15 is 0 Å². The fraction of sp³-hybridized carbons (Fsp3) is 0.559. The Balaban J connectivity index is 1.33. The van der Waals surface area contributed by atoms with Crippen molar-refractivity contribution in [3.8, 4) is 5.75 Å². The van der Waals surface area contributed by atoms with E-state index in [1.165, 1.54) is 12.8 Å². The molecule has 4 rings (SSSR count). The quantitative estimate of drug-likeness (QED) is 0.186. The van der Waals surface area contributed by atoms with E-state index in [-0.39, 0.29) is 48.8 Å². The molecule has 1 fully saturated rings. The summed E-state index contributed by atoms with van der Waals surface area (Å²) in [6.07, 6.45) is 5.29. The summed E-state index contributed by atoms with van der Waals surface area (Å²) in [4.78, 5) is 42.5. The Hall–Kier alpha value is -3.63. The van der Waals surface area contributed by atoms with Crippen LogP contribution in [-0.2, 0) is 20.8 Å². The third-order valence-electron chi connectivity index (χ3n) is 8.50. The second-order valence-corrected chi connectivity index (χ2v) is 12.6. The molecule has 10 nitrogen and oxygen atoms in total. The third kappa shape index (κ3) is 9.95. The number of nitrogens with one attached hydrogen (secondary N) is 2. The molecule has 0 unspecified atom stereocenters. The number of amides is 3. The van der Waals surface area contributed by atoms with Gasteiger partial charge in [0.2, 0.25) is 17.7 Å². The number of hydrogen-bond acceptors (Lipinski definition) is 7. The number of para-hydroxylation sites is 2. The highest BCUT2D eigenvalue weighted by atomic mass is 16.5. The molecule has 1 aliphatic carbocycles.